The molecule has 0 fully saturated rings. The lowest BCUT2D eigenvalue weighted by Gasteiger charge is -2.11. The van der Waals surface area contributed by atoms with E-state index >= 15 is 0 Å². The van der Waals surface area contributed by atoms with Crippen LogP contribution in [0.4, 0.5) is 0 Å². The van der Waals surface area contributed by atoms with Crippen LogP contribution in [-0.4, -0.2) is 29.0 Å². The van der Waals surface area contributed by atoms with Gasteiger partial charge in [0.1, 0.15) is 0 Å². The topological polar surface area (TPSA) is 64.3 Å². The molecular formula is C5H12NO2. The molecule has 0 aliphatic heterocycles. The molecule has 49 valence electrons. The molecule has 2 unspecified atom stereocenters. The Morgan fingerprint density at radius 1 is 1.62 bits per heavy atom. The highest BCUT2D eigenvalue weighted by molar-refractivity contribution is 4.66. The molecule has 0 spiro atoms. The molecule has 0 saturated heterocycles. The van der Waals surface area contributed by atoms with E-state index in [0.29, 0.717) is 6.42 Å². The second-order valence-corrected chi connectivity index (χ2v) is 1.76. The molecular weight excluding hydrogens is 106 g/mol. The van der Waals surface area contributed by atoms with Crippen LogP contribution in [0, 0.1) is 0 Å². The summed E-state index contributed by atoms with van der Waals surface area (Å²) in [6.07, 6.45) is -0.276. The van der Waals surface area contributed by atoms with Gasteiger partial charge >= 0.3 is 0 Å². The maximum absolute atomic E-state index is 8.69. The molecule has 0 saturated carbocycles. The Balaban J connectivity index is 3.29. The minimum absolute atomic E-state index is 0.304. The molecule has 3 N–H and O–H groups in total. The van der Waals surface area contributed by atoms with Gasteiger partial charge in [-0.05, 0) is 6.42 Å². The SMILES string of the molecule is CCC([NH])C(O)CO. The molecule has 0 rings (SSSR count). The van der Waals surface area contributed by atoms with E-state index in [9.17, 15) is 0 Å². The van der Waals surface area contributed by atoms with Crippen molar-refractivity contribution >= 4 is 0 Å². The van der Waals surface area contributed by atoms with E-state index in [2.05, 4.69) is 0 Å². The van der Waals surface area contributed by atoms with Crippen LogP contribution >= 0.6 is 0 Å². The molecule has 2 atom stereocenters. The van der Waals surface area contributed by atoms with E-state index in [1.165, 1.54) is 0 Å². The highest BCUT2D eigenvalue weighted by Gasteiger charge is 2.10. The van der Waals surface area contributed by atoms with Crippen LogP contribution < -0.4 is 5.73 Å². The maximum Gasteiger partial charge on any atom is 0.0936 e. The first kappa shape index (κ1) is 7.88. The Labute approximate surface area is 49.1 Å². The van der Waals surface area contributed by atoms with E-state index in [-0.39, 0.29) is 6.61 Å². The molecule has 0 aliphatic rings. The number of rotatable bonds is 3. The van der Waals surface area contributed by atoms with Crippen LogP contribution in [0.5, 0.6) is 0 Å². The van der Waals surface area contributed by atoms with Crippen LogP contribution in [0.1, 0.15) is 13.3 Å². The van der Waals surface area contributed by atoms with Crippen LogP contribution in [-0.2, 0) is 0 Å². The van der Waals surface area contributed by atoms with Gasteiger partial charge in [0.2, 0.25) is 0 Å². The van der Waals surface area contributed by atoms with Gasteiger partial charge in [-0.1, -0.05) is 6.92 Å². The largest absolute Gasteiger partial charge is 0.394 e. The standard InChI is InChI=1S/C5H12NO2/c1-2-4(6)5(8)3-7/h4-8H,2-3H2,1H3. The second-order valence-electron chi connectivity index (χ2n) is 1.76. The maximum atomic E-state index is 8.69. The Morgan fingerprint density at radius 3 is 2.25 bits per heavy atom. The van der Waals surface area contributed by atoms with Crippen LogP contribution in [0.3, 0.4) is 0 Å². The van der Waals surface area contributed by atoms with Gasteiger partial charge in [-0.3, -0.25) is 5.73 Å². The molecule has 8 heavy (non-hydrogen) atoms. The van der Waals surface area contributed by atoms with Crippen LogP contribution in [0.25, 0.3) is 0 Å². The first-order chi connectivity index (χ1) is 3.72. The minimum Gasteiger partial charge on any atom is -0.394 e. The Hall–Kier alpha value is -0.120. The van der Waals surface area contributed by atoms with Gasteiger partial charge in [-0.15, -0.1) is 0 Å². The van der Waals surface area contributed by atoms with Gasteiger partial charge in [0.15, 0.2) is 0 Å². The van der Waals surface area contributed by atoms with Gasteiger partial charge in [0, 0.05) is 6.04 Å². The zero-order valence-electron chi connectivity index (χ0n) is 4.96. The summed E-state index contributed by atoms with van der Waals surface area (Å²) in [4.78, 5) is 0. The van der Waals surface area contributed by atoms with Crippen molar-refractivity contribution in [1.29, 1.82) is 0 Å². The van der Waals surface area contributed by atoms with Crippen molar-refractivity contribution in [2.45, 2.75) is 25.5 Å². The lowest BCUT2D eigenvalue weighted by Crippen LogP contribution is -2.29. The molecule has 0 aromatic rings. The predicted octanol–water partition coefficient (Wildman–Crippen LogP) is -0.599. The summed E-state index contributed by atoms with van der Waals surface area (Å²) in [6.45, 7) is 1.50. The van der Waals surface area contributed by atoms with E-state index in [1.54, 1.807) is 6.92 Å². The fraction of sp³-hybridized carbons (Fsp3) is 1.00. The number of nitrogens with one attached hydrogen (secondary N) is 1. The van der Waals surface area contributed by atoms with Gasteiger partial charge in [0.25, 0.3) is 0 Å². The third-order valence-electron chi connectivity index (χ3n) is 1.09. The molecule has 0 aromatic carbocycles. The molecule has 1 radical (unpaired) electrons. The quantitative estimate of drug-likeness (QED) is 0.519. The van der Waals surface area contributed by atoms with Crippen molar-refractivity contribution < 1.29 is 10.2 Å². The first-order valence-corrected chi connectivity index (χ1v) is 2.72. The zero-order chi connectivity index (χ0) is 6.57. The van der Waals surface area contributed by atoms with E-state index in [0.717, 1.165) is 0 Å². The molecule has 0 bridgehead atoms. The molecule has 0 amide bonds. The molecule has 0 aliphatic carbocycles. The summed E-state index contributed by atoms with van der Waals surface area (Å²) in [5.41, 5.74) is 7.02. The van der Waals surface area contributed by atoms with Crippen molar-refractivity contribution in [2.24, 2.45) is 0 Å². The smallest absolute Gasteiger partial charge is 0.0936 e. The van der Waals surface area contributed by atoms with E-state index < -0.39 is 12.1 Å². The molecule has 0 heterocycles. The van der Waals surface area contributed by atoms with Crippen molar-refractivity contribution in [3.05, 3.63) is 0 Å². The summed E-state index contributed by atoms with van der Waals surface area (Å²) in [6, 6.07) is -0.528. The van der Waals surface area contributed by atoms with Crippen molar-refractivity contribution in [3.63, 3.8) is 0 Å². The lowest BCUT2D eigenvalue weighted by molar-refractivity contribution is 0.0711. The van der Waals surface area contributed by atoms with E-state index in [1.807, 2.05) is 0 Å². The van der Waals surface area contributed by atoms with Gasteiger partial charge in [0.05, 0.1) is 12.7 Å². The average molecular weight is 118 g/mol. The third-order valence-corrected chi connectivity index (χ3v) is 1.09. The number of hydrogen-bond donors (Lipinski definition) is 2. The summed E-state index contributed by atoms with van der Waals surface area (Å²) in [7, 11) is 0. The third kappa shape index (κ3) is 2.26. The Kier molecular flexibility index (Phi) is 3.77. The average Bonchev–Trinajstić information content (AvgIpc) is 1.84. The number of aliphatic hydroxyl groups is 2. The van der Waals surface area contributed by atoms with Gasteiger partial charge < -0.3 is 10.2 Å². The Bertz CT molecular complexity index is 50.4. The lowest BCUT2D eigenvalue weighted by atomic mass is 10.1. The summed E-state index contributed by atoms with van der Waals surface area (Å²) in [5.74, 6) is 0. The number of aliphatic hydroxyl groups excluding tert-OH is 2. The van der Waals surface area contributed by atoms with Crippen molar-refractivity contribution in [3.8, 4) is 0 Å². The predicted molar refractivity (Wildman–Crippen MR) is 30.3 cm³/mol. The van der Waals surface area contributed by atoms with Crippen molar-refractivity contribution in [1.82, 2.24) is 5.73 Å². The highest BCUT2D eigenvalue weighted by atomic mass is 16.3. The number of hydrogen-bond acceptors (Lipinski definition) is 2. The molecule has 3 nitrogen and oxygen atoms in total. The van der Waals surface area contributed by atoms with Gasteiger partial charge in [-0.2, -0.15) is 0 Å². The first-order valence-electron chi connectivity index (χ1n) is 2.72. The normalized spacial score (nSPS) is 18.0. The summed E-state index contributed by atoms with van der Waals surface area (Å²) >= 11 is 0. The Morgan fingerprint density at radius 2 is 2.12 bits per heavy atom. The fourth-order valence-electron chi connectivity index (χ4n) is 0.399. The fourth-order valence-corrected chi connectivity index (χ4v) is 0.399. The van der Waals surface area contributed by atoms with E-state index in [4.69, 9.17) is 15.9 Å². The van der Waals surface area contributed by atoms with Crippen molar-refractivity contribution in [2.75, 3.05) is 6.61 Å². The van der Waals surface area contributed by atoms with Crippen LogP contribution in [0.2, 0.25) is 0 Å². The summed E-state index contributed by atoms with van der Waals surface area (Å²) in [5, 5.41) is 17.0. The molecule has 3 heteroatoms. The van der Waals surface area contributed by atoms with Gasteiger partial charge in [-0.25, -0.2) is 0 Å². The van der Waals surface area contributed by atoms with Crippen LogP contribution in [0.15, 0.2) is 0 Å². The summed E-state index contributed by atoms with van der Waals surface area (Å²) < 4.78 is 0. The minimum atomic E-state index is -0.861. The zero-order valence-corrected chi connectivity index (χ0v) is 4.96. The monoisotopic (exact) mass is 118 g/mol. The second kappa shape index (κ2) is 3.83. The highest BCUT2D eigenvalue weighted by Crippen LogP contribution is 1.94. The molecule has 0 aromatic heterocycles.